The van der Waals surface area contributed by atoms with E-state index in [0.717, 1.165) is 33.3 Å². The first-order chi connectivity index (χ1) is 12.3. The zero-order chi connectivity index (χ0) is 18.7. The third-order valence-electron chi connectivity index (χ3n) is 4.37. The Morgan fingerprint density at radius 2 is 1.73 bits per heavy atom. The largest absolute Gasteiger partial charge is 0.483 e. The van der Waals surface area contributed by atoms with Gasteiger partial charge in [0.25, 0.3) is 5.91 Å². The van der Waals surface area contributed by atoms with Crippen LogP contribution in [-0.2, 0) is 10.2 Å². The summed E-state index contributed by atoms with van der Waals surface area (Å²) in [7, 11) is 0. The molecule has 0 bridgehead atoms. The third kappa shape index (κ3) is 4.05. The molecule has 1 N–H and O–H groups in total. The van der Waals surface area contributed by atoms with Crippen molar-refractivity contribution in [2.24, 2.45) is 0 Å². The number of benzene rings is 3. The Morgan fingerprint density at radius 3 is 2.50 bits per heavy atom. The van der Waals surface area contributed by atoms with Crippen molar-refractivity contribution in [2.75, 3.05) is 11.9 Å². The van der Waals surface area contributed by atoms with Crippen LogP contribution in [0.25, 0.3) is 10.8 Å². The summed E-state index contributed by atoms with van der Waals surface area (Å²) in [6.45, 7) is 8.42. The summed E-state index contributed by atoms with van der Waals surface area (Å²) in [5.74, 6) is 0.605. The summed E-state index contributed by atoms with van der Waals surface area (Å²) in [5.41, 5.74) is 2.97. The Hall–Kier alpha value is -2.81. The Bertz CT molecular complexity index is 933. The summed E-state index contributed by atoms with van der Waals surface area (Å²) >= 11 is 0. The van der Waals surface area contributed by atoms with E-state index in [2.05, 4.69) is 38.2 Å². The maximum atomic E-state index is 12.4. The smallest absolute Gasteiger partial charge is 0.262 e. The number of hydrogen-bond donors (Lipinski definition) is 1. The van der Waals surface area contributed by atoms with E-state index in [0.29, 0.717) is 0 Å². The van der Waals surface area contributed by atoms with Crippen molar-refractivity contribution in [1.82, 2.24) is 0 Å². The highest BCUT2D eigenvalue weighted by Gasteiger charge is 2.19. The summed E-state index contributed by atoms with van der Waals surface area (Å²) in [6, 6.07) is 20.0. The van der Waals surface area contributed by atoms with Gasteiger partial charge in [0.05, 0.1) is 0 Å². The van der Waals surface area contributed by atoms with Gasteiger partial charge in [-0.15, -0.1) is 0 Å². The van der Waals surface area contributed by atoms with Crippen LogP contribution < -0.4 is 10.1 Å². The van der Waals surface area contributed by atoms with Gasteiger partial charge in [0.1, 0.15) is 5.75 Å². The molecule has 0 spiro atoms. The van der Waals surface area contributed by atoms with E-state index in [1.807, 2.05) is 55.5 Å². The standard InChI is InChI=1S/C23H25NO2/c1-16-12-13-19(23(2,3)4)21(14-16)26-15-22(25)24-20-11-7-9-17-8-5-6-10-18(17)20/h5-14H,15H2,1-4H3,(H,24,25). The second kappa shape index (κ2) is 7.20. The number of hydrogen-bond acceptors (Lipinski definition) is 2. The molecule has 0 aliphatic heterocycles. The number of carbonyl (C=O) groups is 1. The van der Waals surface area contributed by atoms with Gasteiger partial charge in [0.2, 0.25) is 0 Å². The second-order valence-electron chi connectivity index (χ2n) is 7.61. The molecule has 0 radical (unpaired) electrons. The van der Waals surface area contributed by atoms with Gasteiger partial charge in [-0.25, -0.2) is 0 Å². The van der Waals surface area contributed by atoms with Crippen LogP contribution in [0.2, 0.25) is 0 Å². The normalized spacial score (nSPS) is 11.4. The fourth-order valence-corrected chi connectivity index (χ4v) is 3.03. The van der Waals surface area contributed by atoms with Crippen molar-refractivity contribution in [3.63, 3.8) is 0 Å². The maximum absolute atomic E-state index is 12.4. The summed E-state index contributed by atoms with van der Waals surface area (Å²) in [4.78, 5) is 12.4. The van der Waals surface area contributed by atoms with Gasteiger partial charge in [-0.3, -0.25) is 4.79 Å². The minimum absolute atomic E-state index is 0.0181. The van der Waals surface area contributed by atoms with Crippen molar-refractivity contribution in [1.29, 1.82) is 0 Å². The van der Waals surface area contributed by atoms with Crippen molar-refractivity contribution in [2.45, 2.75) is 33.1 Å². The molecular weight excluding hydrogens is 322 g/mol. The van der Waals surface area contributed by atoms with Gasteiger partial charge < -0.3 is 10.1 Å². The number of ether oxygens (including phenoxy) is 1. The molecule has 0 aromatic heterocycles. The molecule has 0 saturated heterocycles. The molecule has 3 aromatic carbocycles. The molecule has 1 amide bonds. The number of carbonyl (C=O) groups excluding carboxylic acids is 1. The quantitative estimate of drug-likeness (QED) is 0.680. The minimum Gasteiger partial charge on any atom is -0.483 e. The van der Waals surface area contributed by atoms with Crippen LogP contribution in [-0.4, -0.2) is 12.5 Å². The number of amides is 1. The highest BCUT2D eigenvalue weighted by atomic mass is 16.5. The molecule has 0 heterocycles. The predicted molar refractivity (Wildman–Crippen MR) is 108 cm³/mol. The topological polar surface area (TPSA) is 38.3 Å². The predicted octanol–water partition coefficient (Wildman–Crippen LogP) is 5.46. The number of rotatable bonds is 4. The lowest BCUT2D eigenvalue weighted by molar-refractivity contribution is -0.118. The van der Waals surface area contributed by atoms with Crippen LogP contribution >= 0.6 is 0 Å². The van der Waals surface area contributed by atoms with E-state index in [1.165, 1.54) is 0 Å². The second-order valence-corrected chi connectivity index (χ2v) is 7.61. The summed E-state index contributed by atoms with van der Waals surface area (Å²) in [5, 5.41) is 5.08. The summed E-state index contributed by atoms with van der Waals surface area (Å²) < 4.78 is 5.88. The van der Waals surface area contributed by atoms with Crippen LogP contribution in [0.4, 0.5) is 5.69 Å². The molecule has 3 nitrogen and oxygen atoms in total. The molecule has 0 atom stereocenters. The van der Waals surface area contributed by atoms with Crippen molar-refractivity contribution in [3.8, 4) is 5.75 Å². The monoisotopic (exact) mass is 347 g/mol. The zero-order valence-electron chi connectivity index (χ0n) is 15.8. The Labute approximate surface area is 155 Å². The van der Waals surface area contributed by atoms with Gasteiger partial charge in [-0.2, -0.15) is 0 Å². The fraction of sp³-hybridized carbons (Fsp3) is 0.261. The molecule has 0 saturated carbocycles. The van der Waals surface area contributed by atoms with Crippen LogP contribution in [0.5, 0.6) is 5.75 Å². The first kappa shape index (κ1) is 18.0. The molecule has 0 aliphatic rings. The van der Waals surface area contributed by atoms with Gasteiger partial charge in [-0.05, 0) is 41.0 Å². The Kier molecular flexibility index (Phi) is 4.99. The van der Waals surface area contributed by atoms with Gasteiger partial charge in [-0.1, -0.05) is 69.3 Å². The Morgan fingerprint density at radius 1 is 1.00 bits per heavy atom. The zero-order valence-corrected chi connectivity index (χ0v) is 15.8. The van der Waals surface area contributed by atoms with Crippen LogP contribution in [0, 0.1) is 6.92 Å². The molecule has 134 valence electrons. The number of anilines is 1. The number of nitrogens with one attached hydrogen (secondary N) is 1. The average molecular weight is 347 g/mol. The number of fused-ring (bicyclic) bond motifs is 1. The molecule has 0 fully saturated rings. The molecule has 3 heteroatoms. The molecule has 0 unspecified atom stereocenters. The first-order valence-electron chi connectivity index (χ1n) is 8.86. The lowest BCUT2D eigenvalue weighted by Crippen LogP contribution is -2.22. The SMILES string of the molecule is Cc1ccc(C(C)(C)C)c(OCC(=O)Nc2cccc3ccccc23)c1. The van der Waals surface area contributed by atoms with E-state index in [9.17, 15) is 4.79 Å². The minimum atomic E-state index is -0.164. The van der Waals surface area contributed by atoms with Crippen LogP contribution in [0.3, 0.4) is 0 Å². The molecular formula is C23H25NO2. The van der Waals surface area contributed by atoms with Crippen molar-refractivity contribution in [3.05, 3.63) is 71.8 Å². The van der Waals surface area contributed by atoms with Crippen LogP contribution in [0.15, 0.2) is 60.7 Å². The highest BCUT2D eigenvalue weighted by molar-refractivity contribution is 6.02. The molecule has 0 aliphatic carbocycles. The molecule has 3 rings (SSSR count). The first-order valence-corrected chi connectivity index (χ1v) is 8.86. The molecule has 3 aromatic rings. The van der Waals surface area contributed by atoms with Crippen molar-refractivity contribution >= 4 is 22.4 Å². The highest BCUT2D eigenvalue weighted by Crippen LogP contribution is 2.32. The van der Waals surface area contributed by atoms with E-state index < -0.39 is 0 Å². The fourth-order valence-electron chi connectivity index (χ4n) is 3.03. The van der Waals surface area contributed by atoms with E-state index in [-0.39, 0.29) is 17.9 Å². The lowest BCUT2D eigenvalue weighted by Gasteiger charge is -2.23. The van der Waals surface area contributed by atoms with Crippen LogP contribution in [0.1, 0.15) is 31.9 Å². The third-order valence-corrected chi connectivity index (χ3v) is 4.37. The van der Waals surface area contributed by atoms with E-state index in [1.54, 1.807) is 0 Å². The van der Waals surface area contributed by atoms with E-state index in [4.69, 9.17) is 4.74 Å². The van der Waals surface area contributed by atoms with Crippen molar-refractivity contribution < 1.29 is 9.53 Å². The lowest BCUT2D eigenvalue weighted by atomic mass is 9.86. The van der Waals surface area contributed by atoms with Gasteiger partial charge in [0, 0.05) is 11.1 Å². The van der Waals surface area contributed by atoms with Gasteiger partial charge >= 0.3 is 0 Å². The molecule has 26 heavy (non-hydrogen) atoms. The maximum Gasteiger partial charge on any atom is 0.262 e. The van der Waals surface area contributed by atoms with Gasteiger partial charge in [0.15, 0.2) is 6.61 Å². The Balaban J connectivity index is 1.75. The number of aryl methyl sites for hydroxylation is 1. The average Bonchev–Trinajstić information content (AvgIpc) is 2.59. The van der Waals surface area contributed by atoms with E-state index >= 15 is 0 Å². The summed E-state index contributed by atoms with van der Waals surface area (Å²) in [6.07, 6.45) is 0.